The zero-order valence-corrected chi connectivity index (χ0v) is 24.8. The van der Waals surface area contributed by atoms with Gasteiger partial charge in [0.15, 0.2) is 5.82 Å². The van der Waals surface area contributed by atoms with E-state index in [0.717, 1.165) is 27.8 Å². The van der Waals surface area contributed by atoms with Crippen molar-refractivity contribution in [1.82, 2.24) is 24.7 Å². The lowest BCUT2D eigenvalue weighted by Crippen LogP contribution is -2.57. The predicted octanol–water partition coefficient (Wildman–Crippen LogP) is 4.30. The Labute approximate surface area is 243 Å². The second-order valence-corrected chi connectivity index (χ2v) is 13.5. The summed E-state index contributed by atoms with van der Waals surface area (Å²) in [4.78, 5) is 17.6. The van der Waals surface area contributed by atoms with Crippen molar-refractivity contribution >= 4 is 32.2 Å². The minimum absolute atomic E-state index is 0.0179. The maximum Gasteiger partial charge on any atom is 0.265 e. The number of piperidine rings is 1. The fourth-order valence-corrected chi connectivity index (χ4v) is 7.11. The molecule has 10 nitrogen and oxygen atoms in total. The molecule has 4 aromatic rings. The highest BCUT2D eigenvalue weighted by atomic mass is 32.2. The molecule has 6 heterocycles. The number of alkyl halides is 2. The lowest BCUT2D eigenvalue weighted by Gasteiger charge is -2.48. The zero-order valence-electron chi connectivity index (χ0n) is 24.0. The predicted molar refractivity (Wildman–Crippen MR) is 158 cm³/mol. The van der Waals surface area contributed by atoms with Crippen LogP contribution in [0.15, 0.2) is 42.9 Å². The maximum absolute atomic E-state index is 14.5. The molecule has 0 aliphatic carbocycles. The van der Waals surface area contributed by atoms with E-state index in [9.17, 15) is 17.2 Å². The second-order valence-electron chi connectivity index (χ2n) is 11.3. The normalized spacial score (nSPS) is 20.5. The summed E-state index contributed by atoms with van der Waals surface area (Å²) < 4.78 is 60.0. The van der Waals surface area contributed by atoms with Gasteiger partial charge in [0.1, 0.15) is 21.4 Å². The van der Waals surface area contributed by atoms with Crippen molar-refractivity contribution in [3.8, 4) is 22.8 Å². The summed E-state index contributed by atoms with van der Waals surface area (Å²) in [5, 5.41) is 5.47. The molecular weight excluding hydrogens is 564 g/mol. The summed E-state index contributed by atoms with van der Waals surface area (Å²) in [7, 11) is -1.54. The van der Waals surface area contributed by atoms with Gasteiger partial charge in [-0.05, 0) is 32.4 Å². The van der Waals surface area contributed by atoms with Crippen molar-refractivity contribution in [2.45, 2.75) is 38.7 Å². The van der Waals surface area contributed by atoms with Crippen LogP contribution in [-0.2, 0) is 9.84 Å². The van der Waals surface area contributed by atoms with Crippen molar-refractivity contribution in [1.29, 1.82) is 0 Å². The number of halogens is 2. The number of rotatable bonds is 7. The summed E-state index contributed by atoms with van der Waals surface area (Å²) in [6.45, 7) is 4.48. The van der Waals surface area contributed by atoms with Gasteiger partial charge in [-0.3, -0.25) is 9.97 Å². The fraction of sp³-hybridized carbons (Fsp3) is 0.448. The molecule has 2 aliphatic rings. The highest BCUT2D eigenvalue weighted by Crippen LogP contribution is 2.37. The van der Waals surface area contributed by atoms with E-state index in [1.165, 1.54) is 6.26 Å². The van der Waals surface area contributed by atoms with Crippen molar-refractivity contribution < 1.29 is 21.9 Å². The molecule has 0 saturated carbocycles. The lowest BCUT2D eigenvalue weighted by molar-refractivity contribution is -0.0118. The Morgan fingerprint density at radius 3 is 2.64 bits per heavy atom. The number of hydrogen-bond donors (Lipinski definition) is 0. The Morgan fingerprint density at radius 2 is 1.93 bits per heavy atom. The number of ether oxygens (including phenoxy) is 1. The van der Waals surface area contributed by atoms with Crippen LogP contribution in [0.1, 0.15) is 25.5 Å². The first kappa shape index (κ1) is 28.3. The number of aryl methyl sites for hydroxylation is 1. The summed E-state index contributed by atoms with van der Waals surface area (Å²) in [6, 6.07) is 7.32. The van der Waals surface area contributed by atoms with Crippen LogP contribution in [0.5, 0.6) is 5.75 Å². The van der Waals surface area contributed by atoms with E-state index < -0.39 is 22.3 Å². The molecule has 2 atom stereocenters. The molecule has 0 aromatic carbocycles. The third-order valence-electron chi connectivity index (χ3n) is 8.21. The van der Waals surface area contributed by atoms with E-state index in [2.05, 4.69) is 15.0 Å². The van der Waals surface area contributed by atoms with Gasteiger partial charge >= 0.3 is 0 Å². The number of hydrogen-bond acceptors (Lipinski definition) is 9. The van der Waals surface area contributed by atoms with Crippen molar-refractivity contribution in [3.63, 3.8) is 0 Å². The van der Waals surface area contributed by atoms with E-state index >= 15 is 0 Å². The topological polar surface area (TPSA) is 106 Å². The van der Waals surface area contributed by atoms with Crippen LogP contribution in [0.25, 0.3) is 28.0 Å². The van der Waals surface area contributed by atoms with Crippen LogP contribution >= 0.6 is 0 Å². The van der Waals surface area contributed by atoms with Gasteiger partial charge in [0.05, 0.1) is 42.4 Å². The minimum Gasteiger partial charge on any atom is -0.496 e. The summed E-state index contributed by atoms with van der Waals surface area (Å²) in [5.74, 6) is -1.18. The van der Waals surface area contributed by atoms with E-state index in [4.69, 9.17) is 14.7 Å². The molecule has 0 radical (unpaired) electrons. The van der Waals surface area contributed by atoms with Crippen LogP contribution in [-0.4, -0.2) is 83.9 Å². The Balaban J connectivity index is 1.46. The molecule has 0 unspecified atom stereocenters. The standard InChI is InChI=1S/C29H33F2N7O3S/c1-18-22-14-33-38(25(22)12-24(34-18)23-13-32-8-6-26(23)41-3)28-11-21(37-15-20(19(37)2)16-42(4,39)40)10-27(35-28)36-9-5-7-29(30,31)17-36/h6,8,10-14,19-20H,5,7,9,15-17H2,1-4H3/t19-,20-/m1/s1. The Morgan fingerprint density at radius 1 is 1.14 bits per heavy atom. The van der Waals surface area contributed by atoms with Gasteiger partial charge in [-0.25, -0.2) is 26.9 Å². The Bertz CT molecular complexity index is 1760. The summed E-state index contributed by atoms with van der Waals surface area (Å²) in [5.41, 5.74) is 3.66. The van der Waals surface area contributed by atoms with Gasteiger partial charge in [0.2, 0.25) is 0 Å². The first-order valence-electron chi connectivity index (χ1n) is 13.9. The number of fused-ring (bicyclic) bond motifs is 1. The number of aromatic nitrogens is 5. The van der Waals surface area contributed by atoms with Crippen LogP contribution in [0.2, 0.25) is 0 Å². The quantitative estimate of drug-likeness (QED) is 0.308. The SMILES string of the molecule is COc1ccncc1-c1cc2c(cnn2-c2cc(N3C[C@H](CS(C)(=O)=O)[C@H]3C)cc(N3CCCC(F)(F)C3)n2)c(C)n1. The molecule has 6 rings (SSSR count). The van der Waals surface area contributed by atoms with Gasteiger partial charge in [0, 0.05) is 79.0 Å². The number of pyridine rings is 3. The molecule has 13 heteroatoms. The number of sulfone groups is 1. The van der Waals surface area contributed by atoms with Crippen LogP contribution in [0, 0.1) is 12.8 Å². The average Bonchev–Trinajstić information content (AvgIpc) is 3.38. The molecule has 0 N–H and O–H groups in total. The summed E-state index contributed by atoms with van der Waals surface area (Å²) in [6.07, 6.45) is 6.52. The summed E-state index contributed by atoms with van der Waals surface area (Å²) >= 11 is 0. The van der Waals surface area contributed by atoms with E-state index in [1.807, 2.05) is 32.0 Å². The molecule has 2 saturated heterocycles. The largest absolute Gasteiger partial charge is 0.496 e. The van der Waals surface area contributed by atoms with Crippen molar-refractivity contribution in [2.24, 2.45) is 5.92 Å². The monoisotopic (exact) mass is 597 g/mol. The molecule has 42 heavy (non-hydrogen) atoms. The highest BCUT2D eigenvalue weighted by Gasteiger charge is 2.39. The Hall–Kier alpha value is -3.87. The third kappa shape index (κ3) is 5.37. The highest BCUT2D eigenvalue weighted by molar-refractivity contribution is 7.90. The fourth-order valence-electron chi connectivity index (χ4n) is 5.95. The van der Waals surface area contributed by atoms with Gasteiger partial charge < -0.3 is 14.5 Å². The maximum atomic E-state index is 14.5. The van der Waals surface area contributed by atoms with Gasteiger partial charge in [-0.15, -0.1) is 0 Å². The first-order chi connectivity index (χ1) is 19.9. The zero-order chi connectivity index (χ0) is 29.8. The van der Waals surface area contributed by atoms with Crippen LogP contribution in [0.4, 0.5) is 20.3 Å². The average molecular weight is 598 g/mol. The minimum atomic E-state index is -3.13. The first-order valence-corrected chi connectivity index (χ1v) is 15.9. The molecule has 2 fully saturated rings. The molecular formula is C29H33F2N7O3S. The molecule has 222 valence electrons. The van der Waals surface area contributed by atoms with Gasteiger partial charge in [-0.1, -0.05) is 0 Å². The number of anilines is 2. The number of methoxy groups -OCH3 is 1. The lowest BCUT2D eigenvalue weighted by atomic mass is 9.91. The molecule has 2 aliphatic heterocycles. The number of nitrogens with zero attached hydrogens (tertiary/aromatic N) is 7. The smallest absolute Gasteiger partial charge is 0.265 e. The van der Waals surface area contributed by atoms with E-state index in [1.54, 1.807) is 41.3 Å². The molecule has 4 aromatic heterocycles. The van der Waals surface area contributed by atoms with E-state index in [-0.39, 0.29) is 24.1 Å². The second kappa shape index (κ2) is 10.4. The van der Waals surface area contributed by atoms with E-state index in [0.29, 0.717) is 42.6 Å². The van der Waals surface area contributed by atoms with Gasteiger partial charge in [0.25, 0.3) is 5.92 Å². The van der Waals surface area contributed by atoms with Crippen molar-refractivity contribution in [2.75, 3.05) is 48.6 Å². The van der Waals surface area contributed by atoms with Gasteiger partial charge in [-0.2, -0.15) is 5.10 Å². The van der Waals surface area contributed by atoms with Crippen LogP contribution in [0.3, 0.4) is 0 Å². The van der Waals surface area contributed by atoms with Crippen LogP contribution < -0.4 is 14.5 Å². The van der Waals surface area contributed by atoms with Crippen molar-refractivity contribution in [3.05, 3.63) is 48.5 Å². The Kier molecular flexibility index (Phi) is 7.03. The molecule has 0 bridgehead atoms. The molecule has 0 amide bonds. The third-order valence-corrected chi connectivity index (χ3v) is 9.24. The molecule has 0 spiro atoms.